The molecule has 0 fully saturated rings. The molecule has 0 aromatic heterocycles. The number of benzene rings is 1. The molecule has 0 heterocycles. The minimum absolute atomic E-state index is 0.625. The molecule has 0 aliphatic rings. The molecule has 18 heavy (non-hydrogen) atoms. The molecule has 1 aromatic carbocycles. The maximum absolute atomic E-state index is 7.62. The maximum Gasteiger partial charge on any atom is 0.0841 e. The maximum atomic E-state index is 7.62. The minimum Gasteiger partial charge on any atom is -0.369 e. The minimum atomic E-state index is 0.625. The Morgan fingerprint density at radius 3 is 1.39 bits per heavy atom. The van der Waals surface area contributed by atoms with Crippen molar-refractivity contribution < 1.29 is 0 Å². The molecule has 0 bridgehead atoms. The summed E-state index contributed by atoms with van der Waals surface area (Å²) in [6.07, 6.45) is 2.38. The van der Waals surface area contributed by atoms with Gasteiger partial charge >= 0.3 is 0 Å². The van der Waals surface area contributed by atoms with Gasteiger partial charge in [-0.1, -0.05) is 57.2 Å². The van der Waals surface area contributed by atoms with Gasteiger partial charge in [0.05, 0.1) is 12.4 Å². The van der Waals surface area contributed by atoms with E-state index in [1.165, 1.54) is 0 Å². The summed E-state index contributed by atoms with van der Waals surface area (Å²) in [7, 11) is 5.62. The lowest BCUT2D eigenvalue weighted by molar-refractivity contribution is 0.642. The first-order valence-corrected chi connectivity index (χ1v) is 6.14. The second-order valence-corrected chi connectivity index (χ2v) is 3.00. The van der Waals surface area contributed by atoms with Crippen molar-refractivity contribution in [3.8, 4) is 6.07 Å². The molecule has 3 nitrogen and oxygen atoms in total. The van der Waals surface area contributed by atoms with Crippen LogP contribution in [0.1, 0.15) is 27.2 Å². The van der Waals surface area contributed by atoms with E-state index in [1.807, 2.05) is 82.2 Å². The van der Waals surface area contributed by atoms with E-state index in [1.54, 1.807) is 13.4 Å². The van der Waals surface area contributed by atoms with Crippen molar-refractivity contribution in [2.24, 2.45) is 4.99 Å². The summed E-state index contributed by atoms with van der Waals surface area (Å²) in [5, 5.41) is 7.62. The zero-order valence-corrected chi connectivity index (χ0v) is 12.6. The number of nitrogens with zero attached hydrogens (tertiary/aromatic N) is 3. The molecule has 0 amide bonds. The van der Waals surface area contributed by atoms with Crippen molar-refractivity contribution in [2.45, 2.75) is 27.2 Å². The van der Waals surface area contributed by atoms with Crippen molar-refractivity contribution in [1.29, 1.82) is 5.26 Å². The van der Waals surface area contributed by atoms with Gasteiger partial charge in [-0.25, -0.2) is 0 Å². The van der Waals surface area contributed by atoms with Crippen molar-refractivity contribution in [3.63, 3.8) is 0 Å². The molecule has 0 saturated heterocycles. The normalized spacial score (nSPS) is 7.39. The standard InChI is InChI=1S/C6H6.C4H10N2.C3H5N.C2H6/c1-2-4-6-5-3-1;1-5-4-6(2)3;1-2-3-4;1-2/h1-6H;4H,1-3H3;2H2,1H3;1-2H3. The summed E-state index contributed by atoms with van der Waals surface area (Å²) < 4.78 is 0. The van der Waals surface area contributed by atoms with Crippen LogP contribution in [0.15, 0.2) is 41.4 Å². The average molecular weight is 249 g/mol. The van der Waals surface area contributed by atoms with E-state index in [0.29, 0.717) is 6.42 Å². The fourth-order valence-electron chi connectivity index (χ4n) is 0.616. The summed E-state index contributed by atoms with van der Waals surface area (Å²) in [6, 6.07) is 13.9. The third kappa shape index (κ3) is 36.8. The molecule has 0 radical (unpaired) electrons. The summed E-state index contributed by atoms with van der Waals surface area (Å²) >= 11 is 0. The van der Waals surface area contributed by atoms with Crippen molar-refractivity contribution in [1.82, 2.24) is 4.90 Å². The molecule has 3 heteroatoms. The lowest BCUT2D eigenvalue weighted by atomic mass is 10.4. The highest BCUT2D eigenvalue weighted by Gasteiger charge is 1.67. The molecule has 0 unspecified atom stereocenters. The quantitative estimate of drug-likeness (QED) is 0.560. The fraction of sp³-hybridized carbons (Fsp3) is 0.467. The van der Waals surface area contributed by atoms with E-state index >= 15 is 0 Å². The van der Waals surface area contributed by atoms with Crippen LogP contribution in [0, 0.1) is 11.3 Å². The molecule has 0 aliphatic heterocycles. The molecule has 102 valence electrons. The Bertz CT molecular complexity index is 247. The summed E-state index contributed by atoms with van der Waals surface area (Å²) in [5.41, 5.74) is 0. The number of nitriles is 1. The highest BCUT2D eigenvalue weighted by Crippen LogP contribution is 1.79. The van der Waals surface area contributed by atoms with Crippen LogP contribution < -0.4 is 0 Å². The number of hydrogen-bond acceptors (Lipinski definition) is 2. The number of rotatable bonds is 1. The van der Waals surface area contributed by atoms with Gasteiger partial charge in [-0.15, -0.1) is 0 Å². The first-order chi connectivity index (χ1) is 8.68. The van der Waals surface area contributed by atoms with Gasteiger partial charge in [0.2, 0.25) is 0 Å². The van der Waals surface area contributed by atoms with Crippen molar-refractivity contribution >= 4 is 6.34 Å². The van der Waals surface area contributed by atoms with E-state index in [9.17, 15) is 0 Å². The lowest BCUT2D eigenvalue weighted by Gasteiger charge is -1.98. The van der Waals surface area contributed by atoms with Crippen LogP contribution in [-0.4, -0.2) is 32.4 Å². The summed E-state index contributed by atoms with van der Waals surface area (Å²) in [5.74, 6) is 0. The van der Waals surface area contributed by atoms with Gasteiger partial charge in [0.25, 0.3) is 0 Å². The van der Waals surface area contributed by atoms with Gasteiger partial charge in [-0.05, 0) is 0 Å². The molecule has 0 saturated carbocycles. The third-order valence-corrected chi connectivity index (χ3v) is 1.17. The average Bonchev–Trinajstić information content (AvgIpc) is 2.44. The third-order valence-electron chi connectivity index (χ3n) is 1.17. The lowest BCUT2D eigenvalue weighted by Crippen LogP contribution is -2.06. The molecule has 1 aromatic rings. The smallest absolute Gasteiger partial charge is 0.0841 e. The molecular formula is C15H27N3. The van der Waals surface area contributed by atoms with Crippen LogP contribution in [-0.2, 0) is 0 Å². The van der Waals surface area contributed by atoms with E-state index in [2.05, 4.69) is 4.99 Å². The summed E-state index contributed by atoms with van der Waals surface area (Å²) in [6.45, 7) is 5.82. The summed E-state index contributed by atoms with van der Waals surface area (Å²) in [4.78, 5) is 5.62. The van der Waals surface area contributed by atoms with Gasteiger partial charge in [-0.2, -0.15) is 5.26 Å². The van der Waals surface area contributed by atoms with E-state index in [4.69, 9.17) is 5.26 Å². The van der Waals surface area contributed by atoms with E-state index < -0.39 is 0 Å². The molecular weight excluding hydrogens is 222 g/mol. The van der Waals surface area contributed by atoms with Gasteiger partial charge < -0.3 is 4.90 Å². The molecule has 0 N–H and O–H groups in total. The van der Waals surface area contributed by atoms with Gasteiger partial charge in [0.15, 0.2) is 0 Å². The van der Waals surface area contributed by atoms with Crippen molar-refractivity contribution in [2.75, 3.05) is 21.1 Å². The predicted octanol–water partition coefficient (Wildman–Crippen LogP) is 3.84. The van der Waals surface area contributed by atoms with Crippen LogP contribution in [0.25, 0.3) is 0 Å². The van der Waals surface area contributed by atoms with Gasteiger partial charge in [0, 0.05) is 27.6 Å². The van der Waals surface area contributed by atoms with E-state index in [0.717, 1.165) is 0 Å². The predicted molar refractivity (Wildman–Crippen MR) is 81.8 cm³/mol. The number of hydrogen-bond donors (Lipinski definition) is 0. The Morgan fingerprint density at radius 1 is 1.06 bits per heavy atom. The Hall–Kier alpha value is -1.82. The van der Waals surface area contributed by atoms with Crippen LogP contribution in [0.5, 0.6) is 0 Å². The zero-order valence-electron chi connectivity index (χ0n) is 12.6. The highest BCUT2D eigenvalue weighted by molar-refractivity contribution is 5.53. The first kappa shape index (κ1) is 21.5. The molecule has 0 aliphatic carbocycles. The molecule has 1 rings (SSSR count). The van der Waals surface area contributed by atoms with E-state index in [-0.39, 0.29) is 0 Å². The van der Waals surface area contributed by atoms with Gasteiger partial charge in [-0.3, -0.25) is 4.99 Å². The first-order valence-electron chi connectivity index (χ1n) is 6.14. The van der Waals surface area contributed by atoms with Crippen molar-refractivity contribution in [3.05, 3.63) is 36.4 Å². The van der Waals surface area contributed by atoms with Crippen LogP contribution in [0.2, 0.25) is 0 Å². The Kier molecular flexibility index (Phi) is 29.1. The van der Waals surface area contributed by atoms with Crippen LogP contribution >= 0.6 is 0 Å². The Morgan fingerprint density at radius 2 is 1.33 bits per heavy atom. The van der Waals surface area contributed by atoms with Crippen LogP contribution in [0.3, 0.4) is 0 Å². The molecule has 0 atom stereocenters. The fourth-order valence-corrected chi connectivity index (χ4v) is 0.616. The highest BCUT2D eigenvalue weighted by atomic mass is 15.1. The number of aliphatic imine (C=N–C) groups is 1. The molecule has 0 spiro atoms. The van der Waals surface area contributed by atoms with Gasteiger partial charge in [0.1, 0.15) is 0 Å². The van der Waals surface area contributed by atoms with Crippen LogP contribution in [0.4, 0.5) is 0 Å². The topological polar surface area (TPSA) is 39.4 Å². The second-order valence-electron chi connectivity index (χ2n) is 3.00. The second kappa shape index (κ2) is 24.4. The monoisotopic (exact) mass is 249 g/mol. The SMILES string of the molecule is CC.CCC#N.CN=CN(C)C.c1ccccc1. The Balaban J connectivity index is -0.000000179. The largest absolute Gasteiger partial charge is 0.369 e. The Labute approximate surface area is 113 Å². The zero-order chi connectivity index (χ0) is 14.6.